The van der Waals surface area contributed by atoms with Gasteiger partial charge in [0.25, 0.3) is 0 Å². The quantitative estimate of drug-likeness (QED) is 0.740. The molecule has 0 aromatic carbocycles. The number of hydrogen-bond acceptors (Lipinski definition) is 2. The van der Waals surface area contributed by atoms with E-state index in [1.807, 2.05) is 12.2 Å². The molecule has 4 atom stereocenters. The lowest BCUT2D eigenvalue weighted by molar-refractivity contribution is -0.147. The van der Waals surface area contributed by atoms with Gasteiger partial charge in [0.05, 0.1) is 11.8 Å². The topological polar surface area (TPSA) is 66.4 Å². The number of carbonyl (C=O) groups excluding carboxylic acids is 1. The van der Waals surface area contributed by atoms with E-state index in [2.05, 4.69) is 33.0 Å². The molecule has 0 radical (unpaired) electrons. The molecule has 2 rings (SSSR count). The van der Waals surface area contributed by atoms with E-state index in [4.69, 9.17) is 0 Å². The largest absolute Gasteiger partial charge is 0.481 e. The zero-order valence-corrected chi connectivity index (χ0v) is 13.4. The first kappa shape index (κ1) is 16.1. The van der Waals surface area contributed by atoms with Gasteiger partial charge in [0.2, 0.25) is 5.91 Å². The van der Waals surface area contributed by atoms with Crippen molar-refractivity contribution in [2.24, 2.45) is 41.4 Å². The SMILES string of the molecule is CC(C)C(CNC(=O)[C@H]1C2C=CC(C2)[C@H]1C(=O)O)C(C)C. The Labute approximate surface area is 127 Å². The molecule has 2 bridgehead atoms. The van der Waals surface area contributed by atoms with Crippen LogP contribution >= 0.6 is 0 Å². The third-order valence-electron chi connectivity index (χ3n) is 5.27. The number of carboxylic acid groups (broad SMARTS) is 1. The van der Waals surface area contributed by atoms with Gasteiger partial charge in [0.1, 0.15) is 0 Å². The van der Waals surface area contributed by atoms with Crippen LogP contribution in [0.15, 0.2) is 12.2 Å². The van der Waals surface area contributed by atoms with E-state index in [0.717, 1.165) is 6.42 Å². The second-order valence-electron chi connectivity index (χ2n) is 7.24. The molecule has 118 valence electrons. The molecule has 4 heteroatoms. The van der Waals surface area contributed by atoms with E-state index >= 15 is 0 Å². The van der Waals surface area contributed by atoms with Crippen molar-refractivity contribution in [3.8, 4) is 0 Å². The van der Waals surface area contributed by atoms with Crippen molar-refractivity contribution in [3.63, 3.8) is 0 Å². The van der Waals surface area contributed by atoms with Gasteiger partial charge in [0, 0.05) is 6.54 Å². The highest BCUT2D eigenvalue weighted by Gasteiger charge is 2.51. The number of fused-ring (bicyclic) bond motifs is 2. The van der Waals surface area contributed by atoms with Gasteiger partial charge < -0.3 is 10.4 Å². The summed E-state index contributed by atoms with van der Waals surface area (Å²) < 4.78 is 0. The average molecular weight is 293 g/mol. The maximum atomic E-state index is 12.5. The summed E-state index contributed by atoms with van der Waals surface area (Å²) in [5.74, 6) is -0.287. The van der Waals surface area contributed by atoms with Crippen molar-refractivity contribution in [1.82, 2.24) is 5.32 Å². The minimum atomic E-state index is -0.837. The van der Waals surface area contributed by atoms with Gasteiger partial charge in [-0.2, -0.15) is 0 Å². The maximum Gasteiger partial charge on any atom is 0.307 e. The van der Waals surface area contributed by atoms with Gasteiger partial charge in [-0.3, -0.25) is 9.59 Å². The summed E-state index contributed by atoms with van der Waals surface area (Å²) in [5.41, 5.74) is 0. The molecule has 1 saturated carbocycles. The summed E-state index contributed by atoms with van der Waals surface area (Å²) in [6.07, 6.45) is 4.81. The summed E-state index contributed by atoms with van der Waals surface area (Å²) >= 11 is 0. The van der Waals surface area contributed by atoms with Crippen LogP contribution in [0.5, 0.6) is 0 Å². The summed E-state index contributed by atoms with van der Waals surface area (Å²) in [6.45, 7) is 9.29. The van der Waals surface area contributed by atoms with Crippen LogP contribution < -0.4 is 5.32 Å². The van der Waals surface area contributed by atoms with Crippen molar-refractivity contribution in [2.45, 2.75) is 34.1 Å². The molecule has 1 amide bonds. The van der Waals surface area contributed by atoms with E-state index in [9.17, 15) is 14.7 Å². The molecule has 2 aliphatic carbocycles. The summed E-state index contributed by atoms with van der Waals surface area (Å²) in [5, 5.41) is 12.4. The minimum absolute atomic E-state index is 0.0363. The van der Waals surface area contributed by atoms with E-state index in [0.29, 0.717) is 24.3 Å². The normalized spacial score (nSPS) is 30.6. The van der Waals surface area contributed by atoms with E-state index in [1.54, 1.807) is 0 Å². The number of carbonyl (C=O) groups is 2. The molecule has 2 aliphatic rings. The first-order valence-electron chi connectivity index (χ1n) is 8.01. The first-order chi connectivity index (χ1) is 9.82. The van der Waals surface area contributed by atoms with Gasteiger partial charge in [0.15, 0.2) is 0 Å². The van der Waals surface area contributed by atoms with Crippen LogP contribution in [0.25, 0.3) is 0 Å². The molecule has 0 aromatic heterocycles. The van der Waals surface area contributed by atoms with Crippen molar-refractivity contribution in [3.05, 3.63) is 12.2 Å². The van der Waals surface area contributed by atoms with E-state index < -0.39 is 17.8 Å². The van der Waals surface area contributed by atoms with Crippen molar-refractivity contribution in [1.29, 1.82) is 0 Å². The molecular weight excluding hydrogens is 266 g/mol. The lowest BCUT2D eigenvalue weighted by Crippen LogP contribution is -2.43. The third kappa shape index (κ3) is 3.14. The Hall–Kier alpha value is -1.32. The average Bonchev–Trinajstić information content (AvgIpc) is 2.97. The number of allylic oxidation sites excluding steroid dienone is 2. The van der Waals surface area contributed by atoms with Crippen molar-refractivity contribution >= 4 is 11.9 Å². The zero-order valence-electron chi connectivity index (χ0n) is 13.4. The van der Waals surface area contributed by atoms with Gasteiger partial charge in [-0.15, -0.1) is 0 Å². The van der Waals surface area contributed by atoms with Crippen LogP contribution in [0.2, 0.25) is 0 Å². The standard InChI is InChI=1S/C17H27NO3/c1-9(2)13(10(3)4)8-18-16(19)14-11-5-6-12(7-11)15(14)17(20)21/h5-6,9-15H,7-8H2,1-4H3,(H,18,19)(H,20,21)/t11?,12?,14-,15+/m0/s1. The van der Waals surface area contributed by atoms with Crippen LogP contribution in [0.4, 0.5) is 0 Å². The number of hydrogen-bond donors (Lipinski definition) is 2. The summed E-state index contributed by atoms with van der Waals surface area (Å²) in [4.78, 5) is 23.9. The molecule has 4 nitrogen and oxygen atoms in total. The number of amides is 1. The van der Waals surface area contributed by atoms with Crippen molar-refractivity contribution < 1.29 is 14.7 Å². The number of aliphatic carboxylic acids is 1. The lowest BCUT2D eigenvalue weighted by Gasteiger charge is -2.28. The predicted octanol–water partition coefficient (Wildman–Crippen LogP) is 2.55. The van der Waals surface area contributed by atoms with Crippen LogP contribution in [-0.2, 0) is 9.59 Å². The molecule has 0 heterocycles. The molecule has 0 spiro atoms. The fourth-order valence-corrected chi connectivity index (χ4v) is 4.09. The van der Waals surface area contributed by atoms with Crippen LogP contribution in [0.3, 0.4) is 0 Å². The van der Waals surface area contributed by atoms with Crippen LogP contribution in [0.1, 0.15) is 34.1 Å². The third-order valence-corrected chi connectivity index (χ3v) is 5.27. The molecule has 1 fully saturated rings. The monoisotopic (exact) mass is 293 g/mol. The van der Waals surface area contributed by atoms with Gasteiger partial charge >= 0.3 is 5.97 Å². The highest BCUT2D eigenvalue weighted by molar-refractivity contribution is 5.86. The Bertz CT molecular complexity index is 433. The van der Waals surface area contributed by atoms with Crippen molar-refractivity contribution in [2.75, 3.05) is 6.54 Å². The minimum Gasteiger partial charge on any atom is -0.481 e. The Kier molecular flexibility index (Phi) is 4.74. The lowest BCUT2D eigenvalue weighted by atomic mass is 9.81. The van der Waals surface area contributed by atoms with Gasteiger partial charge in [-0.25, -0.2) is 0 Å². The number of carboxylic acids is 1. The fourth-order valence-electron chi connectivity index (χ4n) is 4.09. The molecular formula is C17H27NO3. The molecule has 0 aromatic rings. The highest BCUT2D eigenvalue weighted by atomic mass is 16.4. The molecule has 21 heavy (non-hydrogen) atoms. The maximum absolute atomic E-state index is 12.5. The van der Waals surface area contributed by atoms with Gasteiger partial charge in [-0.05, 0) is 36.0 Å². The number of nitrogens with one attached hydrogen (secondary N) is 1. The summed E-state index contributed by atoms with van der Waals surface area (Å²) in [7, 11) is 0. The van der Waals surface area contributed by atoms with Crippen LogP contribution in [-0.4, -0.2) is 23.5 Å². The Morgan fingerprint density at radius 1 is 1.10 bits per heavy atom. The fraction of sp³-hybridized carbons (Fsp3) is 0.765. The Morgan fingerprint density at radius 2 is 1.62 bits per heavy atom. The zero-order chi connectivity index (χ0) is 15.7. The van der Waals surface area contributed by atoms with Gasteiger partial charge in [-0.1, -0.05) is 39.8 Å². The molecule has 0 aliphatic heterocycles. The summed E-state index contributed by atoms with van der Waals surface area (Å²) in [6, 6.07) is 0. The number of rotatable bonds is 6. The second-order valence-corrected chi connectivity index (χ2v) is 7.24. The molecule has 2 unspecified atom stereocenters. The van der Waals surface area contributed by atoms with E-state index in [1.165, 1.54) is 0 Å². The smallest absolute Gasteiger partial charge is 0.307 e. The Balaban J connectivity index is 2.00. The molecule has 2 N–H and O–H groups in total. The predicted molar refractivity (Wildman–Crippen MR) is 81.5 cm³/mol. The second kappa shape index (κ2) is 6.20. The highest BCUT2D eigenvalue weighted by Crippen LogP contribution is 2.48. The van der Waals surface area contributed by atoms with E-state index in [-0.39, 0.29) is 17.7 Å². The molecule has 0 saturated heterocycles. The Morgan fingerprint density at radius 3 is 2.10 bits per heavy atom. The van der Waals surface area contributed by atoms with Crippen LogP contribution in [0, 0.1) is 41.4 Å². The first-order valence-corrected chi connectivity index (χ1v) is 8.01.